The molecule has 0 bridgehead atoms. The molecular formula is C25H25N5O3. The lowest BCUT2D eigenvalue weighted by Gasteiger charge is -2.13. The van der Waals surface area contributed by atoms with Crippen molar-refractivity contribution in [2.75, 3.05) is 12.4 Å². The molecule has 0 atom stereocenters. The minimum atomic E-state index is -0.607. The smallest absolute Gasteiger partial charge is 0.317 e. The fourth-order valence-corrected chi connectivity index (χ4v) is 4.33. The van der Waals surface area contributed by atoms with Crippen molar-refractivity contribution in [3.63, 3.8) is 0 Å². The highest BCUT2D eigenvalue weighted by Crippen LogP contribution is 2.48. The number of esters is 1. The molecule has 3 heterocycles. The van der Waals surface area contributed by atoms with Crippen LogP contribution in [0.2, 0.25) is 0 Å². The summed E-state index contributed by atoms with van der Waals surface area (Å²) in [6.07, 6.45) is 3.29. The normalized spacial score (nSPS) is 14.3. The highest BCUT2D eigenvalue weighted by atomic mass is 16.5. The predicted octanol–water partition coefficient (Wildman–Crippen LogP) is 3.89. The lowest BCUT2D eigenvalue weighted by atomic mass is 9.99. The van der Waals surface area contributed by atoms with Crippen LogP contribution in [0.5, 0.6) is 0 Å². The molecule has 8 heteroatoms. The number of methoxy groups -OCH3 is 1. The standard InChI is InChI=1S/C25H25N5O3/c1-14-5-6-17(27-22-12-21(28-29-22)25(7-8-25)24(32)33-4)11-18(14)19-10-16-13-26-15(2)9-20(16)30(3)23(19)31/h5-6,9-13H,7-8H2,1-4H3,(H2,27,28,29). The summed E-state index contributed by atoms with van der Waals surface area (Å²) in [6, 6.07) is 11.5. The van der Waals surface area contributed by atoms with Gasteiger partial charge in [0.1, 0.15) is 5.41 Å². The number of aromatic nitrogens is 4. The van der Waals surface area contributed by atoms with Crippen molar-refractivity contribution in [1.82, 2.24) is 19.7 Å². The van der Waals surface area contributed by atoms with Gasteiger partial charge in [-0.1, -0.05) is 6.07 Å². The van der Waals surface area contributed by atoms with Gasteiger partial charge in [0.2, 0.25) is 0 Å². The van der Waals surface area contributed by atoms with Crippen molar-refractivity contribution >= 4 is 28.4 Å². The Morgan fingerprint density at radius 3 is 2.67 bits per heavy atom. The Morgan fingerprint density at radius 2 is 1.94 bits per heavy atom. The summed E-state index contributed by atoms with van der Waals surface area (Å²) in [5, 5.41) is 11.5. The van der Waals surface area contributed by atoms with Gasteiger partial charge in [-0.3, -0.25) is 19.7 Å². The first-order chi connectivity index (χ1) is 15.8. The van der Waals surface area contributed by atoms with Crippen molar-refractivity contribution in [3.05, 3.63) is 69.9 Å². The lowest BCUT2D eigenvalue weighted by Crippen LogP contribution is -2.22. The third-order valence-electron chi connectivity index (χ3n) is 6.46. The van der Waals surface area contributed by atoms with E-state index in [1.54, 1.807) is 17.8 Å². The largest absolute Gasteiger partial charge is 0.468 e. The first-order valence-electron chi connectivity index (χ1n) is 10.8. The van der Waals surface area contributed by atoms with Gasteiger partial charge in [-0.25, -0.2) is 0 Å². The quantitative estimate of drug-likeness (QED) is 0.454. The molecule has 3 aromatic heterocycles. The van der Waals surface area contributed by atoms with Crippen LogP contribution in [0.15, 0.2) is 47.4 Å². The van der Waals surface area contributed by atoms with Crippen molar-refractivity contribution in [1.29, 1.82) is 0 Å². The fraction of sp³-hybridized carbons (Fsp3) is 0.280. The number of hydrogen-bond donors (Lipinski definition) is 2. The number of pyridine rings is 2. The minimum Gasteiger partial charge on any atom is -0.468 e. The molecule has 1 fully saturated rings. The van der Waals surface area contributed by atoms with Crippen molar-refractivity contribution in [2.24, 2.45) is 7.05 Å². The SMILES string of the molecule is COC(=O)C1(c2cc(Nc3ccc(C)c(-c4cc5cnc(C)cc5n(C)c4=O)c3)n[nH]2)CC1. The summed E-state index contributed by atoms with van der Waals surface area (Å²) < 4.78 is 6.62. The number of carbonyl (C=O) groups excluding carboxylic acids is 1. The van der Waals surface area contributed by atoms with Gasteiger partial charge in [0.05, 0.1) is 18.3 Å². The van der Waals surface area contributed by atoms with E-state index in [-0.39, 0.29) is 11.5 Å². The van der Waals surface area contributed by atoms with Gasteiger partial charge < -0.3 is 14.6 Å². The van der Waals surface area contributed by atoms with Crippen molar-refractivity contribution in [3.8, 4) is 11.1 Å². The van der Waals surface area contributed by atoms with Crippen LogP contribution in [-0.4, -0.2) is 32.8 Å². The summed E-state index contributed by atoms with van der Waals surface area (Å²) in [6.45, 7) is 3.89. The molecule has 0 radical (unpaired) electrons. The van der Waals surface area contributed by atoms with Crippen molar-refractivity contribution in [2.45, 2.75) is 32.1 Å². The van der Waals surface area contributed by atoms with Gasteiger partial charge in [0.15, 0.2) is 5.82 Å². The summed E-state index contributed by atoms with van der Waals surface area (Å²) >= 11 is 0. The average molecular weight is 444 g/mol. The molecule has 1 aliphatic carbocycles. The summed E-state index contributed by atoms with van der Waals surface area (Å²) in [7, 11) is 3.19. The number of aromatic amines is 1. The summed E-state index contributed by atoms with van der Waals surface area (Å²) in [4.78, 5) is 29.7. The molecule has 0 spiro atoms. The van der Waals surface area contributed by atoms with Gasteiger partial charge in [-0.2, -0.15) is 5.10 Å². The lowest BCUT2D eigenvalue weighted by molar-refractivity contribution is -0.143. The van der Waals surface area contributed by atoms with E-state index in [0.29, 0.717) is 11.4 Å². The molecule has 1 aromatic carbocycles. The molecule has 0 amide bonds. The monoisotopic (exact) mass is 443 g/mol. The maximum Gasteiger partial charge on any atom is 0.317 e. The van der Waals surface area contributed by atoms with E-state index in [9.17, 15) is 9.59 Å². The van der Waals surface area contributed by atoms with Crippen LogP contribution < -0.4 is 10.9 Å². The minimum absolute atomic E-state index is 0.0656. The molecule has 2 N–H and O–H groups in total. The van der Waals surface area contributed by atoms with E-state index >= 15 is 0 Å². The zero-order valence-electron chi connectivity index (χ0n) is 19.0. The molecule has 33 heavy (non-hydrogen) atoms. The second-order valence-electron chi connectivity index (χ2n) is 8.70. The molecule has 0 unspecified atom stereocenters. The third kappa shape index (κ3) is 3.47. The number of rotatable bonds is 5. The summed E-state index contributed by atoms with van der Waals surface area (Å²) in [5.74, 6) is 0.355. The van der Waals surface area contributed by atoms with Gasteiger partial charge in [-0.15, -0.1) is 0 Å². The number of carbonyl (C=O) groups is 1. The Bertz CT molecular complexity index is 1460. The molecule has 168 valence electrons. The molecular weight excluding hydrogens is 418 g/mol. The van der Waals surface area contributed by atoms with E-state index in [1.807, 2.05) is 50.2 Å². The van der Waals surface area contributed by atoms with Gasteiger partial charge in [0.25, 0.3) is 5.56 Å². The number of hydrogen-bond acceptors (Lipinski definition) is 6. The number of nitrogens with zero attached hydrogens (tertiary/aromatic N) is 3. The Balaban J connectivity index is 1.50. The molecule has 0 saturated heterocycles. The predicted molar refractivity (Wildman–Crippen MR) is 127 cm³/mol. The highest BCUT2D eigenvalue weighted by Gasteiger charge is 2.54. The van der Waals surface area contributed by atoms with Crippen LogP contribution in [0.4, 0.5) is 11.5 Å². The van der Waals surface area contributed by atoms with Crippen LogP contribution >= 0.6 is 0 Å². The second kappa shape index (κ2) is 7.58. The van der Waals surface area contributed by atoms with E-state index in [0.717, 1.165) is 51.9 Å². The molecule has 8 nitrogen and oxygen atoms in total. The highest BCUT2D eigenvalue weighted by molar-refractivity contribution is 5.87. The molecule has 1 saturated carbocycles. The maximum absolute atomic E-state index is 13.2. The van der Waals surface area contributed by atoms with Crippen LogP contribution in [0.1, 0.15) is 29.8 Å². The summed E-state index contributed by atoms with van der Waals surface area (Å²) in [5.41, 5.74) is 5.03. The second-order valence-corrected chi connectivity index (χ2v) is 8.70. The zero-order valence-corrected chi connectivity index (χ0v) is 19.0. The Labute approximate surface area is 190 Å². The van der Waals surface area contributed by atoms with Gasteiger partial charge in [-0.05, 0) is 62.1 Å². The Morgan fingerprint density at radius 1 is 1.15 bits per heavy atom. The van der Waals surface area contributed by atoms with Crippen LogP contribution in [-0.2, 0) is 22.0 Å². The number of H-pyrrole nitrogens is 1. The Hall–Kier alpha value is -3.94. The topological polar surface area (TPSA) is 102 Å². The average Bonchev–Trinajstić information content (AvgIpc) is 3.49. The van der Waals surface area contributed by atoms with Crippen molar-refractivity contribution < 1.29 is 9.53 Å². The number of anilines is 2. The van der Waals surface area contributed by atoms with E-state index in [4.69, 9.17) is 4.74 Å². The number of fused-ring (bicyclic) bond motifs is 1. The van der Waals surface area contributed by atoms with E-state index < -0.39 is 5.41 Å². The molecule has 4 aromatic rings. The first kappa shape index (κ1) is 20.9. The van der Waals surface area contributed by atoms with Gasteiger partial charge in [0, 0.05) is 41.6 Å². The number of ether oxygens (including phenoxy) is 1. The third-order valence-corrected chi connectivity index (χ3v) is 6.46. The number of aryl methyl sites for hydroxylation is 3. The first-order valence-corrected chi connectivity index (χ1v) is 10.8. The number of benzene rings is 1. The molecule has 1 aliphatic rings. The fourth-order valence-electron chi connectivity index (χ4n) is 4.33. The molecule has 5 rings (SSSR count). The number of nitrogens with one attached hydrogen (secondary N) is 2. The zero-order chi connectivity index (χ0) is 23.3. The van der Waals surface area contributed by atoms with E-state index in [1.165, 1.54) is 7.11 Å². The van der Waals surface area contributed by atoms with Crippen LogP contribution in [0.25, 0.3) is 22.0 Å². The van der Waals surface area contributed by atoms with Crippen LogP contribution in [0.3, 0.4) is 0 Å². The van der Waals surface area contributed by atoms with Gasteiger partial charge >= 0.3 is 5.97 Å². The van der Waals surface area contributed by atoms with Crippen LogP contribution in [0, 0.1) is 13.8 Å². The Kier molecular flexibility index (Phi) is 4.81. The maximum atomic E-state index is 13.2. The van der Waals surface area contributed by atoms with E-state index in [2.05, 4.69) is 20.5 Å². The molecule has 0 aliphatic heterocycles.